The van der Waals surface area contributed by atoms with Crippen LogP contribution in [0.4, 0.5) is 4.39 Å². The summed E-state index contributed by atoms with van der Waals surface area (Å²) >= 11 is 5.48. The number of azide groups is 1. The molecule has 0 radical (unpaired) electrons. The van der Waals surface area contributed by atoms with Crippen LogP contribution in [0.3, 0.4) is 0 Å². The summed E-state index contributed by atoms with van der Waals surface area (Å²) in [7, 11) is 0. The van der Waals surface area contributed by atoms with Gasteiger partial charge < -0.3 is 0 Å². The van der Waals surface area contributed by atoms with Crippen LogP contribution in [0, 0.1) is 5.82 Å². The van der Waals surface area contributed by atoms with Crippen LogP contribution in [0.1, 0.15) is 5.56 Å². The summed E-state index contributed by atoms with van der Waals surface area (Å²) in [6.07, 6.45) is 0. The molecule has 0 aromatic heterocycles. The zero-order chi connectivity index (χ0) is 8.97. The second-order valence-electron chi connectivity index (χ2n) is 2.10. The molecule has 0 aliphatic heterocycles. The Morgan fingerprint density at radius 3 is 3.00 bits per heavy atom. The second kappa shape index (κ2) is 3.95. The Labute approximate surface area is 73.4 Å². The first-order valence-corrected chi connectivity index (χ1v) is 3.57. The fourth-order valence-corrected chi connectivity index (χ4v) is 0.972. The lowest BCUT2D eigenvalue weighted by Crippen LogP contribution is -1.87. The quantitative estimate of drug-likeness (QED) is 0.386. The van der Waals surface area contributed by atoms with Crippen molar-refractivity contribution < 1.29 is 4.39 Å². The Morgan fingerprint density at radius 1 is 1.58 bits per heavy atom. The highest BCUT2D eigenvalue weighted by atomic mass is 35.5. The molecule has 0 saturated heterocycles. The van der Waals surface area contributed by atoms with E-state index in [4.69, 9.17) is 17.1 Å². The lowest BCUT2D eigenvalue weighted by atomic mass is 10.2. The fourth-order valence-electron chi connectivity index (χ4n) is 0.778. The van der Waals surface area contributed by atoms with Crippen molar-refractivity contribution >= 4 is 11.6 Å². The van der Waals surface area contributed by atoms with E-state index < -0.39 is 5.82 Å². The molecule has 0 atom stereocenters. The summed E-state index contributed by atoms with van der Waals surface area (Å²) in [6.45, 7) is -0.0110. The van der Waals surface area contributed by atoms with Crippen LogP contribution >= 0.6 is 11.6 Å². The smallest absolute Gasteiger partial charge is 0.145 e. The van der Waals surface area contributed by atoms with Crippen LogP contribution in [0.2, 0.25) is 5.02 Å². The van der Waals surface area contributed by atoms with E-state index in [2.05, 4.69) is 10.0 Å². The Morgan fingerprint density at radius 2 is 2.33 bits per heavy atom. The largest absolute Gasteiger partial charge is 0.205 e. The summed E-state index contributed by atoms with van der Waals surface area (Å²) in [5.41, 5.74) is 8.30. The van der Waals surface area contributed by atoms with Gasteiger partial charge in [0.1, 0.15) is 5.82 Å². The summed E-state index contributed by atoms with van der Waals surface area (Å²) in [5, 5.41) is 3.27. The zero-order valence-corrected chi connectivity index (χ0v) is 6.79. The standard InChI is InChI=1S/C7H5ClFN3/c8-6-3-1-2-5(7(6)9)4-11-12-10/h1-3H,4H2. The van der Waals surface area contributed by atoms with Crippen molar-refractivity contribution in [1.82, 2.24) is 0 Å². The van der Waals surface area contributed by atoms with E-state index >= 15 is 0 Å². The third-order valence-electron chi connectivity index (χ3n) is 1.34. The third kappa shape index (κ3) is 1.87. The maximum Gasteiger partial charge on any atom is 0.145 e. The highest BCUT2D eigenvalue weighted by Crippen LogP contribution is 2.18. The maximum atomic E-state index is 13.0. The topological polar surface area (TPSA) is 48.8 Å². The van der Waals surface area contributed by atoms with Crippen LogP contribution in [-0.4, -0.2) is 0 Å². The minimum absolute atomic E-state index is 0.0110. The zero-order valence-electron chi connectivity index (χ0n) is 6.04. The van der Waals surface area contributed by atoms with E-state index in [1.165, 1.54) is 12.1 Å². The van der Waals surface area contributed by atoms with Crippen molar-refractivity contribution in [3.8, 4) is 0 Å². The molecule has 5 heteroatoms. The molecule has 12 heavy (non-hydrogen) atoms. The van der Waals surface area contributed by atoms with E-state index in [1.807, 2.05) is 0 Å². The molecule has 0 unspecified atom stereocenters. The number of nitrogens with zero attached hydrogens (tertiary/aromatic N) is 3. The number of benzene rings is 1. The molecular formula is C7H5ClFN3. The number of halogens is 2. The van der Waals surface area contributed by atoms with Gasteiger partial charge in [0, 0.05) is 4.91 Å². The average Bonchev–Trinajstić information content (AvgIpc) is 2.08. The molecule has 0 N–H and O–H groups in total. The lowest BCUT2D eigenvalue weighted by Gasteiger charge is -1.98. The fraction of sp³-hybridized carbons (Fsp3) is 0.143. The first-order valence-electron chi connectivity index (χ1n) is 3.19. The highest BCUT2D eigenvalue weighted by Gasteiger charge is 2.03. The van der Waals surface area contributed by atoms with Crippen LogP contribution < -0.4 is 0 Å². The molecule has 0 amide bonds. The van der Waals surface area contributed by atoms with Gasteiger partial charge in [0.15, 0.2) is 0 Å². The van der Waals surface area contributed by atoms with Crippen molar-refractivity contribution in [1.29, 1.82) is 0 Å². The van der Waals surface area contributed by atoms with Crippen molar-refractivity contribution in [2.75, 3.05) is 0 Å². The Balaban J connectivity index is 2.99. The normalized spacial score (nSPS) is 9.17. The molecule has 1 aromatic carbocycles. The molecule has 1 rings (SSSR count). The highest BCUT2D eigenvalue weighted by molar-refractivity contribution is 6.30. The number of hydrogen-bond acceptors (Lipinski definition) is 1. The summed E-state index contributed by atoms with van der Waals surface area (Å²) in [6, 6.07) is 4.57. The van der Waals surface area contributed by atoms with Gasteiger partial charge in [-0.3, -0.25) is 0 Å². The lowest BCUT2D eigenvalue weighted by molar-refractivity contribution is 0.611. The van der Waals surface area contributed by atoms with E-state index in [0.717, 1.165) is 0 Å². The van der Waals surface area contributed by atoms with Gasteiger partial charge in [-0.25, -0.2) is 4.39 Å². The average molecular weight is 186 g/mol. The van der Waals surface area contributed by atoms with E-state index in [1.54, 1.807) is 6.07 Å². The monoisotopic (exact) mass is 185 g/mol. The molecule has 0 bridgehead atoms. The van der Waals surface area contributed by atoms with Crippen molar-refractivity contribution in [2.24, 2.45) is 5.11 Å². The van der Waals surface area contributed by atoms with Crippen LogP contribution in [-0.2, 0) is 6.54 Å². The molecule has 0 saturated carbocycles. The van der Waals surface area contributed by atoms with E-state index in [9.17, 15) is 4.39 Å². The molecule has 62 valence electrons. The van der Waals surface area contributed by atoms with Crippen molar-refractivity contribution in [3.05, 3.63) is 45.0 Å². The van der Waals surface area contributed by atoms with Gasteiger partial charge >= 0.3 is 0 Å². The molecule has 0 heterocycles. The van der Waals surface area contributed by atoms with Gasteiger partial charge in [-0.2, -0.15) is 0 Å². The van der Waals surface area contributed by atoms with Crippen molar-refractivity contribution in [3.63, 3.8) is 0 Å². The SMILES string of the molecule is [N-]=[N+]=NCc1cccc(Cl)c1F. The second-order valence-corrected chi connectivity index (χ2v) is 2.51. The van der Waals surface area contributed by atoms with Crippen LogP contribution in [0.15, 0.2) is 23.3 Å². The van der Waals surface area contributed by atoms with Gasteiger partial charge in [-0.05, 0) is 17.2 Å². The molecule has 1 aromatic rings. The van der Waals surface area contributed by atoms with E-state index in [0.29, 0.717) is 5.56 Å². The maximum absolute atomic E-state index is 13.0. The molecule has 0 fully saturated rings. The summed E-state index contributed by atoms with van der Waals surface area (Å²) in [5.74, 6) is -0.522. The minimum Gasteiger partial charge on any atom is -0.205 e. The molecular weight excluding hydrogens is 181 g/mol. The first kappa shape index (κ1) is 8.84. The predicted octanol–water partition coefficient (Wildman–Crippen LogP) is 3.29. The molecule has 0 aliphatic carbocycles. The van der Waals surface area contributed by atoms with Crippen LogP contribution in [0.5, 0.6) is 0 Å². The van der Waals surface area contributed by atoms with E-state index in [-0.39, 0.29) is 11.6 Å². The van der Waals surface area contributed by atoms with Gasteiger partial charge in [0.2, 0.25) is 0 Å². The summed E-state index contributed by atoms with van der Waals surface area (Å²) in [4.78, 5) is 2.52. The van der Waals surface area contributed by atoms with Gasteiger partial charge in [-0.1, -0.05) is 28.8 Å². The van der Waals surface area contributed by atoms with Crippen molar-refractivity contribution in [2.45, 2.75) is 6.54 Å². The third-order valence-corrected chi connectivity index (χ3v) is 1.63. The number of rotatable bonds is 2. The Kier molecular flexibility index (Phi) is 2.91. The number of hydrogen-bond donors (Lipinski definition) is 0. The van der Waals surface area contributed by atoms with Crippen LogP contribution in [0.25, 0.3) is 10.4 Å². The Hall–Kier alpha value is -1.25. The molecule has 0 aliphatic rings. The molecule has 0 spiro atoms. The first-order chi connectivity index (χ1) is 5.75. The predicted molar refractivity (Wildman–Crippen MR) is 44.3 cm³/mol. The molecule has 3 nitrogen and oxygen atoms in total. The summed E-state index contributed by atoms with van der Waals surface area (Å²) < 4.78 is 13.0. The van der Waals surface area contributed by atoms with Gasteiger partial charge in [0.25, 0.3) is 0 Å². The minimum atomic E-state index is -0.522. The van der Waals surface area contributed by atoms with Gasteiger partial charge in [-0.15, -0.1) is 0 Å². The Bertz CT molecular complexity index is 333. The van der Waals surface area contributed by atoms with Gasteiger partial charge in [0.05, 0.1) is 11.6 Å².